The predicted octanol–water partition coefficient (Wildman–Crippen LogP) is 3.90. The topological polar surface area (TPSA) is 47.6 Å². The Kier molecular flexibility index (Phi) is 4.52. The van der Waals surface area contributed by atoms with Gasteiger partial charge >= 0.3 is 0 Å². The highest BCUT2D eigenvalue weighted by Crippen LogP contribution is 2.31. The summed E-state index contributed by atoms with van der Waals surface area (Å²) in [5, 5.41) is 17.8. The van der Waals surface area contributed by atoms with E-state index < -0.39 is 0 Å². The van der Waals surface area contributed by atoms with Crippen molar-refractivity contribution in [2.75, 3.05) is 0 Å². The van der Waals surface area contributed by atoms with E-state index >= 15 is 0 Å². The highest BCUT2D eigenvalue weighted by atomic mass is 79.9. The molecule has 0 saturated carbocycles. The summed E-state index contributed by atoms with van der Waals surface area (Å²) in [4.78, 5) is 0. The maximum atomic E-state index is 9.13. The van der Waals surface area contributed by atoms with Gasteiger partial charge in [0, 0.05) is 4.47 Å². The van der Waals surface area contributed by atoms with Crippen molar-refractivity contribution < 1.29 is 0 Å². The Balaban J connectivity index is 3.31. The zero-order valence-corrected chi connectivity index (χ0v) is 11.0. The number of rotatable bonds is 3. The second-order valence-electron chi connectivity index (χ2n) is 3.79. The molecule has 1 rings (SSSR count). The Hall–Kier alpha value is -1.32. The number of hydrogen-bond donors (Lipinski definition) is 0. The van der Waals surface area contributed by atoms with Crippen LogP contribution in [-0.4, -0.2) is 0 Å². The third kappa shape index (κ3) is 2.62. The van der Waals surface area contributed by atoms with Gasteiger partial charge in [-0.15, -0.1) is 0 Å². The minimum atomic E-state index is 0.341. The average molecular weight is 277 g/mol. The van der Waals surface area contributed by atoms with Crippen LogP contribution in [0.3, 0.4) is 0 Å². The molecule has 0 amide bonds. The van der Waals surface area contributed by atoms with Crippen LogP contribution < -0.4 is 0 Å². The quantitative estimate of drug-likeness (QED) is 0.841. The second-order valence-corrected chi connectivity index (χ2v) is 4.65. The first-order valence-electron chi connectivity index (χ1n) is 5.23. The highest BCUT2D eigenvalue weighted by Gasteiger charge is 2.14. The Labute approximate surface area is 105 Å². The Morgan fingerprint density at radius 2 is 2.06 bits per heavy atom. The van der Waals surface area contributed by atoms with Crippen LogP contribution in [0, 0.1) is 22.7 Å². The molecule has 0 aromatic heterocycles. The van der Waals surface area contributed by atoms with Gasteiger partial charge in [0.2, 0.25) is 0 Å². The van der Waals surface area contributed by atoms with Crippen LogP contribution in [0.4, 0.5) is 0 Å². The van der Waals surface area contributed by atoms with E-state index in [0.717, 1.165) is 22.0 Å². The van der Waals surface area contributed by atoms with E-state index in [0.29, 0.717) is 17.9 Å². The Morgan fingerprint density at radius 3 is 2.56 bits per heavy atom. The number of halogens is 1. The number of nitrogens with zero attached hydrogens (tertiary/aromatic N) is 2. The molecule has 0 heterocycles. The summed E-state index contributed by atoms with van der Waals surface area (Å²) in [5.41, 5.74) is 2.61. The summed E-state index contributed by atoms with van der Waals surface area (Å²) in [6.07, 6.45) is 1.33. The molecule has 16 heavy (non-hydrogen) atoms. The molecule has 0 spiro atoms. The molecule has 0 bridgehead atoms. The van der Waals surface area contributed by atoms with E-state index in [2.05, 4.69) is 41.9 Å². The average Bonchev–Trinajstić information content (AvgIpc) is 2.27. The monoisotopic (exact) mass is 276 g/mol. The number of benzene rings is 1. The molecule has 0 radical (unpaired) electrons. The lowest BCUT2D eigenvalue weighted by atomic mass is 9.92. The first-order chi connectivity index (χ1) is 7.63. The lowest BCUT2D eigenvalue weighted by molar-refractivity contribution is 0.727. The lowest BCUT2D eigenvalue weighted by Crippen LogP contribution is -1.99. The molecular weight excluding hydrogens is 264 g/mol. The molecule has 0 saturated heterocycles. The van der Waals surface area contributed by atoms with Gasteiger partial charge in [0.05, 0.1) is 24.1 Å². The summed E-state index contributed by atoms with van der Waals surface area (Å²) < 4.78 is 0.936. The fourth-order valence-electron chi connectivity index (χ4n) is 1.66. The third-order valence-electron chi connectivity index (χ3n) is 2.70. The van der Waals surface area contributed by atoms with Gasteiger partial charge in [0.1, 0.15) is 0 Å². The summed E-state index contributed by atoms with van der Waals surface area (Å²) >= 11 is 3.49. The van der Waals surface area contributed by atoms with Crippen LogP contribution in [0.1, 0.15) is 42.9 Å². The number of hydrogen-bond acceptors (Lipinski definition) is 2. The minimum Gasteiger partial charge on any atom is -0.198 e. The van der Waals surface area contributed by atoms with Crippen LogP contribution in [0.2, 0.25) is 0 Å². The molecule has 1 atom stereocenters. The summed E-state index contributed by atoms with van der Waals surface area (Å²) in [5.74, 6) is 0.347. The van der Waals surface area contributed by atoms with Crippen molar-refractivity contribution in [1.82, 2.24) is 0 Å². The zero-order chi connectivity index (χ0) is 12.1. The Bertz CT molecular complexity index is 466. The summed E-state index contributed by atoms with van der Waals surface area (Å²) in [6, 6.07) is 8.06. The van der Waals surface area contributed by atoms with E-state index in [1.807, 2.05) is 12.1 Å². The molecule has 2 nitrogen and oxygen atoms in total. The molecule has 0 aliphatic rings. The normalized spacial score (nSPS) is 11.6. The SMILES string of the molecule is CCC(C)c1c(Br)cc(CC#N)cc1C#N. The maximum absolute atomic E-state index is 9.13. The van der Waals surface area contributed by atoms with Crippen molar-refractivity contribution in [3.8, 4) is 12.1 Å². The molecule has 1 unspecified atom stereocenters. The van der Waals surface area contributed by atoms with Gasteiger partial charge in [0.15, 0.2) is 0 Å². The molecule has 0 aliphatic heterocycles. The molecular formula is C13H13BrN2. The zero-order valence-electron chi connectivity index (χ0n) is 9.42. The minimum absolute atomic E-state index is 0.341. The fraction of sp³-hybridized carbons (Fsp3) is 0.385. The van der Waals surface area contributed by atoms with E-state index in [4.69, 9.17) is 10.5 Å². The van der Waals surface area contributed by atoms with Crippen molar-refractivity contribution >= 4 is 15.9 Å². The van der Waals surface area contributed by atoms with E-state index in [1.54, 1.807) is 0 Å². The third-order valence-corrected chi connectivity index (χ3v) is 3.35. The van der Waals surface area contributed by atoms with Gasteiger partial charge in [-0.25, -0.2) is 0 Å². The molecule has 1 aromatic carbocycles. The van der Waals surface area contributed by atoms with Crippen LogP contribution in [0.25, 0.3) is 0 Å². The van der Waals surface area contributed by atoms with E-state index in [9.17, 15) is 0 Å². The molecule has 3 heteroatoms. The molecule has 0 N–H and O–H groups in total. The van der Waals surface area contributed by atoms with Crippen molar-refractivity contribution in [2.24, 2.45) is 0 Å². The van der Waals surface area contributed by atoms with Crippen molar-refractivity contribution in [3.63, 3.8) is 0 Å². The van der Waals surface area contributed by atoms with Crippen LogP contribution in [0.5, 0.6) is 0 Å². The molecule has 0 fully saturated rings. The molecule has 82 valence electrons. The van der Waals surface area contributed by atoms with Crippen LogP contribution in [-0.2, 0) is 6.42 Å². The van der Waals surface area contributed by atoms with Gasteiger partial charge in [-0.3, -0.25) is 0 Å². The fourth-order valence-corrected chi connectivity index (χ4v) is 2.56. The van der Waals surface area contributed by atoms with Gasteiger partial charge in [0.25, 0.3) is 0 Å². The van der Waals surface area contributed by atoms with Crippen molar-refractivity contribution in [1.29, 1.82) is 10.5 Å². The molecule has 0 aliphatic carbocycles. The first kappa shape index (κ1) is 12.7. The van der Waals surface area contributed by atoms with E-state index in [1.165, 1.54) is 0 Å². The van der Waals surface area contributed by atoms with Gasteiger partial charge in [-0.05, 0) is 35.6 Å². The number of nitriles is 2. The van der Waals surface area contributed by atoms with Crippen molar-refractivity contribution in [2.45, 2.75) is 32.6 Å². The predicted molar refractivity (Wildman–Crippen MR) is 66.9 cm³/mol. The van der Waals surface area contributed by atoms with Gasteiger partial charge in [-0.1, -0.05) is 29.8 Å². The summed E-state index contributed by atoms with van der Waals surface area (Å²) in [7, 11) is 0. The molecule has 1 aromatic rings. The maximum Gasteiger partial charge on any atom is 0.0995 e. The van der Waals surface area contributed by atoms with E-state index in [-0.39, 0.29) is 0 Å². The van der Waals surface area contributed by atoms with Crippen LogP contribution >= 0.6 is 15.9 Å². The standard InChI is InChI=1S/C13H13BrN2/c1-3-9(2)13-11(8-16)6-10(4-5-15)7-12(13)14/h6-7,9H,3-4H2,1-2H3. The second kappa shape index (κ2) is 5.68. The van der Waals surface area contributed by atoms with Crippen molar-refractivity contribution in [3.05, 3.63) is 33.3 Å². The largest absolute Gasteiger partial charge is 0.198 e. The first-order valence-corrected chi connectivity index (χ1v) is 6.02. The lowest BCUT2D eigenvalue weighted by Gasteiger charge is -2.14. The van der Waals surface area contributed by atoms with Gasteiger partial charge < -0.3 is 0 Å². The van der Waals surface area contributed by atoms with Gasteiger partial charge in [-0.2, -0.15) is 10.5 Å². The highest BCUT2D eigenvalue weighted by molar-refractivity contribution is 9.10. The van der Waals surface area contributed by atoms with Crippen LogP contribution in [0.15, 0.2) is 16.6 Å². The smallest absolute Gasteiger partial charge is 0.0995 e. The summed E-state index contributed by atoms with van der Waals surface area (Å²) in [6.45, 7) is 4.20. The Morgan fingerprint density at radius 1 is 1.38 bits per heavy atom.